The normalized spacial score (nSPS) is 24.1. The molecule has 2 heterocycles. The molecule has 0 radical (unpaired) electrons. The van der Waals surface area contributed by atoms with E-state index in [1.54, 1.807) is 6.92 Å². The highest BCUT2D eigenvalue weighted by Crippen LogP contribution is 2.43. The molecule has 2 N–H and O–H groups in total. The zero-order valence-corrected chi connectivity index (χ0v) is 17.8. The lowest BCUT2D eigenvalue weighted by Gasteiger charge is -2.46. The first kappa shape index (κ1) is 23.0. The number of non-ortho nitro benzene ring substituents is 1. The molecule has 2 atom stereocenters. The van der Waals surface area contributed by atoms with Crippen molar-refractivity contribution in [1.29, 1.82) is 0 Å². The quantitative estimate of drug-likeness (QED) is 0.450. The Hall–Kier alpha value is -2.72. The minimum Gasteiger partial charge on any atom is -0.445 e. The Morgan fingerprint density at radius 1 is 1.29 bits per heavy atom. The Kier molecular flexibility index (Phi) is 7.45. The summed E-state index contributed by atoms with van der Waals surface area (Å²) in [6.45, 7) is 2.79. The number of carbonyl (C=O) groups is 2. The smallest absolute Gasteiger partial charge is 0.408 e. The van der Waals surface area contributed by atoms with Gasteiger partial charge in [-0.3, -0.25) is 14.9 Å². The molecule has 0 aromatic heterocycles. The van der Waals surface area contributed by atoms with E-state index in [9.17, 15) is 19.7 Å². The zero-order chi connectivity index (χ0) is 22.4. The minimum atomic E-state index is -0.924. The summed E-state index contributed by atoms with van der Waals surface area (Å²) in [7, 11) is 1.49. The third kappa shape index (κ3) is 5.92. The summed E-state index contributed by atoms with van der Waals surface area (Å²) in [5.41, 5.74) is 0.524. The average Bonchev–Trinajstić information content (AvgIpc) is 2.80. The van der Waals surface area contributed by atoms with Crippen molar-refractivity contribution in [3.05, 3.63) is 39.9 Å². The molecule has 1 aromatic carbocycles. The average molecular weight is 435 g/mol. The zero-order valence-electron chi connectivity index (χ0n) is 17.8. The van der Waals surface area contributed by atoms with Gasteiger partial charge in [0.05, 0.1) is 30.3 Å². The van der Waals surface area contributed by atoms with Gasteiger partial charge in [-0.25, -0.2) is 4.79 Å². The molecule has 1 aliphatic carbocycles. The monoisotopic (exact) mass is 435 g/mol. The summed E-state index contributed by atoms with van der Waals surface area (Å²) < 4.78 is 17.0. The van der Waals surface area contributed by atoms with E-state index in [1.807, 2.05) is 0 Å². The number of ether oxygens (including phenoxy) is 3. The first-order chi connectivity index (χ1) is 14.8. The number of alkyl carbamates (subject to hydrolysis) is 1. The number of fused-ring (bicyclic) bond motifs is 3. The van der Waals surface area contributed by atoms with E-state index in [0.717, 1.165) is 25.7 Å². The maximum Gasteiger partial charge on any atom is 0.408 e. The van der Waals surface area contributed by atoms with E-state index >= 15 is 0 Å². The van der Waals surface area contributed by atoms with Crippen LogP contribution in [0.4, 0.5) is 10.5 Å². The molecule has 10 heteroatoms. The molecule has 2 saturated heterocycles. The van der Waals surface area contributed by atoms with Crippen LogP contribution in [0.5, 0.6) is 0 Å². The van der Waals surface area contributed by atoms with Gasteiger partial charge in [0.1, 0.15) is 12.6 Å². The first-order valence-electron chi connectivity index (χ1n) is 10.4. The molecule has 1 aromatic rings. The second kappa shape index (κ2) is 10.1. The van der Waals surface area contributed by atoms with Crippen LogP contribution in [-0.4, -0.2) is 55.4 Å². The summed E-state index contributed by atoms with van der Waals surface area (Å²) >= 11 is 0. The summed E-state index contributed by atoms with van der Waals surface area (Å²) in [5, 5.41) is 15.8. The van der Waals surface area contributed by atoms with Gasteiger partial charge in [0.25, 0.3) is 5.69 Å². The third-order valence-electron chi connectivity index (χ3n) is 6.06. The van der Waals surface area contributed by atoms with Crippen molar-refractivity contribution >= 4 is 17.7 Å². The highest BCUT2D eigenvalue weighted by molar-refractivity contribution is 5.86. The Bertz CT molecular complexity index is 777. The lowest BCUT2D eigenvalue weighted by atomic mass is 9.72. The van der Waals surface area contributed by atoms with Crippen molar-refractivity contribution in [3.63, 3.8) is 0 Å². The Labute approximate surface area is 180 Å². The highest BCUT2D eigenvalue weighted by atomic mass is 16.6. The Balaban J connectivity index is 1.51. The van der Waals surface area contributed by atoms with Gasteiger partial charge in [-0.1, -0.05) is 0 Å². The summed E-state index contributed by atoms with van der Waals surface area (Å²) in [4.78, 5) is 34.8. The van der Waals surface area contributed by atoms with Gasteiger partial charge in [-0.2, -0.15) is 0 Å². The van der Waals surface area contributed by atoms with Crippen LogP contribution in [0.25, 0.3) is 0 Å². The number of amides is 2. The van der Waals surface area contributed by atoms with Crippen LogP contribution >= 0.6 is 0 Å². The van der Waals surface area contributed by atoms with Gasteiger partial charge in [0.2, 0.25) is 5.91 Å². The molecule has 4 rings (SSSR count). The molecule has 31 heavy (non-hydrogen) atoms. The van der Waals surface area contributed by atoms with Crippen LogP contribution < -0.4 is 10.6 Å². The number of carbonyl (C=O) groups excluding carboxylic acids is 2. The van der Waals surface area contributed by atoms with E-state index in [-0.39, 0.29) is 23.6 Å². The molecule has 170 valence electrons. The van der Waals surface area contributed by atoms with Gasteiger partial charge < -0.3 is 24.8 Å². The van der Waals surface area contributed by atoms with Crippen molar-refractivity contribution in [3.8, 4) is 0 Å². The number of nitro groups is 1. The van der Waals surface area contributed by atoms with E-state index in [1.165, 1.54) is 31.3 Å². The summed E-state index contributed by atoms with van der Waals surface area (Å²) in [5.74, 6) is -0.388. The predicted molar refractivity (Wildman–Crippen MR) is 110 cm³/mol. The van der Waals surface area contributed by atoms with Crippen LogP contribution in [0, 0.1) is 15.5 Å². The van der Waals surface area contributed by atoms with E-state index in [0.29, 0.717) is 24.9 Å². The van der Waals surface area contributed by atoms with Crippen LogP contribution in [0.3, 0.4) is 0 Å². The second-order valence-electron chi connectivity index (χ2n) is 8.26. The van der Waals surface area contributed by atoms with Gasteiger partial charge in [-0.05, 0) is 50.3 Å². The standard InChI is InChI=1S/C21H29N3O7/c1-14(30-12-21-9-7-17(8-10-21)31-13-21)18(19(25)22-2)23-20(26)29-11-15-3-5-16(6-4-15)24(27)28/h3-6,14,17-18H,7-13H2,1-2H3,(H,22,25)(H,23,26)/t14-,17?,18+,21?/m1/s1. The fraction of sp³-hybridized carbons (Fsp3) is 0.619. The van der Waals surface area contributed by atoms with E-state index < -0.39 is 23.2 Å². The van der Waals surface area contributed by atoms with Crippen molar-refractivity contribution in [2.75, 3.05) is 20.3 Å². The maximum absolute atomic E-state index is 12.3. The lowest BCUT2D eigenvalue weighted by molar-refractivity contribution is -0.384. The van der Waals surface area contributed by atoms with Crippen molar-refractivity contribution in [1.82, 2.24) is 10.6 Å². The summed E-state index contributed by atoms with van der Waals surface area (Å²) in [6, 6.07) is 4.76. The van der Waals surface area contributed by atoms with E-state index in [4.69, 9.17) is 14.2 Å². The van der Waals surface area contributed by atoms with Gasteiger partial charge >= 0.3 is 6.09 Å². The molecule has 2 aliphatic heterocycles. The van der Waals surface area contributed by atoms with Crippen LogP contribution in [0.15, 0.2) is 24.3 Å². The van der Waals surface area contributed by atoms with E-state index in [2.05, 4.69) is 10.6 Å². The number of nitrogens with one attached hydrogen (secondary N) is 2. The SMILES string of the molecule is CNC(=O)[C@@H](NC(=O)OCc1ccc([N+](=O)[O-])cc1)[C@@H](C)OCC12CCC(CC1)OC2. The largest absolute Gasteiger partial charge is 0.445 e. The van der Waals surface area contributed by atoms with Crippen LogP contribution in [0.2, 0.25) is 0 Å². The molecule has 10 nitrogen and oxygen atoms in total. The Morgan fingerprint density at radius 2 is 1.97 bits per heavy atom. The molecule has 3 aliphatic rings. The van der Waals surface area contributed by atoms with Gasteiger partial charge in [0, 0.05) is 24.6 Å². The number of rotatable bonds is 9. The topological polar surface area (TPSA) is 129 Å². The van der Waals surface area contributed by atoms with Gasteiger partial charge in [-0.15, -0.1) is 0 Å². The fourth-order valence-electron chi connectivity index (χ4n) is 3.98. The number of likely N-dealkylation sites (N-methyl/N-ethyl adjacent to an activating group) is 1. The highest BCUT2D eigenvalue weighted by Gasteiger charge is 2.42. The fourth-order valence-corrected chi connectivity index (χ4v) is 3.98. The number of benzene rings is 1. The van der Waals surface area contributed by atoms with Crippen LogP contribution in [-0.2, 0) is 25.6 Å². The number of hydrogen-bond donors (Lipinski definition) is 2. The molecule has 2 bridgehead atoms. The third-order valence-corrected chi connectivity index (χ3v) is 6.06. The van der Waals surface area contributed by atoms with Crippen molar-refractivity contribution in [2.24, 2.45) is 5.41 Å². The maximum atomic E-state index is 12.3. The lowest BCUT2D eigenvalue weighted by Crippen LogP contribution is -2.54. The van der Waals surface area contributed by atoms with Crippen molar-refractivity contribution in [2.45, 2.75) is 57.5 Å². The van der Waals surface area contributed by atoms with Gasteiger partial charge in [0.15, 0.2) is 0 Å². The first-order valence-corrected chi connectivity index (χ1v) is 10.4. The Morgan fingerprint density at radius 3 is 2.52 bits per heavy atom. The molecule has 0 spiro atoms. The predicted octanol–water partition coefficient (Wildman–Crippen LogP) is 2.30. The minimum absolute atomic E-state index is 0.0212. The molecular formula is C21H29N3O7. The molecule has 2 amide bonds. The number of nitro benzene ring substituents is 1. The number of hydrogen-bond acceptors (Lipinski definition) is 7. The molecular weight excluding hydrogens is 406 g/mol. The summed E-state index contributed by atoms with van der Waals surface area (Å²) in [6.07, 6.45) is 3.17. The van der Waals surface area contributed by atoms with Crippen LogP contribution in [0.1, 0.15) is 38.2 Å². The molecule has 3 fully saturated rings. The molecule has 1 saturated carbocycles. The second-order valence-corrected chi connectivity index (χ2v) is 8.26. The molecule has 0 unspecified atom stereocenters. The van der Waals surface area contributed by atoms with Crippen molar-refractivity contribution < 1.29 is 28.7 Å². The number of nitrogens with zero attached hydrogens (tertiary/aromatic N) is 1.